The number of halogens is 2. The molecule has 4 rings (SSSR count). The summed E-state index contributed by atoms with van der Waals surface area (Å²) in [5.74, 6) is 0.880. The average Bonchev–Trinajstić information content (AvgIpc) is 3.27. The van der Waals surface area contributed by atoms with Gasteiger partial charge in [0, 0.05) is 31.2 Å². The van der Waals surface area contributed by atoms with Gasteiger partial charge in [0.2, 0.25) is 5.95 Å². The van der Waals surface area contributed by atoms with Crippen LogP contribution in [0.2, 0.25) is 10.0 Å². The van der Waals surface area contributed by atoms with E-state index in [2.05, 4.69) is 39.6 Å². The normalized spacial score (nSPS) is 20.3. The van der Waals surface area contributed by atoms with Crippen LogP contribution in [0.1, 0.15) is 54.9 Å². The van der Waals surface area contributed by atoms with Crippen molar-refractivity contribution in [2.45, 2.75) is 50.5 Å². The van der Waals surface area contributed by atoms with Gasteiger partial charge in [-0.2, -0.15) is 0 Å². The van der Waals surface area contributed by atoms with Crippen LogP contribution in [0.4, 0.5) is 5.95 Å². The second-order valence-electron chi connectivity index (χ2n) is 9.78. The number of nitrogens with one attached hydrogen (secondary N) is 3. The SMILES string of the molecule is CNCCNCCCN(c1nc2cc(Cl)c(Cl)cc2[nH]1)C1CCC(C)(c2cccc(C=O)c2)CC1. The molecule has 1 aliphatic rings. The van der Waals surface area contributed by atoms with Crippen LogP contribution in [0.25, 0.3) is 11.0 Å². The van der Waals surface area contributed by atoms with Crippen molar-refractivity contribution in [1.29, 1.82) is 0 Å². The molecule has 1 heterocycles. The summed E-state index contributed by atoms with van der Waals surface area (Å²) in [7, 11) is 1.97. The number of aromatic nitrogens is 2. The zero-order valence-electron chi connectivity index (χ0n) is 20.5. The van der Waals surface area contributed by atoms with Crippen LogP contribution < -0.4 is 15.5 Å². The number of carbonyl (C=O) groups excluding carboxylic acids is 1. The van der Waals surface area contributed by atoms with Crippen molar-refractivity contribution in [3.63, 3.8) is 0 Å². The minimum absolute atomic E-state index is 0.0742. The molecule has 0 radical (unpaired) electrons. The first-order valence-electron chi connectivity index (χ1n) is 12.5. The van der Waals surface area contributed by atoms with Crippen molar-refractivity contribution >= 4 is 46.5 Å². The Balaban J connectivity index is 1.50. The highest BCUT2D eigenvalue weighted by Gasteiger charge is 2.35. The molecule has 0 aliphatic heterocycles. The van der Waals surface area contributed by atoms with Gasteiger partial charge in [-0.25, -0.2) is 4.98 Å². The molecule has 0 amide bonds. The topological polar surface area (TPSA) is 73.0 Å². The first-order chi connectivity index (χ1) is 16.9. The fraction of sp³-hybridized carbons (Fsp3) is 0.481. The molecule has 0 unspecified atom stereocenters. The molecule has 1 saturated carbocycles. The molecule has 35 heavy (non-hydrogen) atoms. The number of benzene rings is 2. The second-order valence-corrected chi connectivity index (χ2v) is 10.6. The maximum Gasteiger partial charge on any atom is 0.204 e. The molecule has 1 aliphatic carbocycles. The minimum Gasteiger partial charge on any atom is -0.339 e. The zero-order valence-corrected chi connectivity index (χ0v) is 22.1. The van der Waals surface area contributed by atoms with Crippen LogP contribution >= 0.6 is 23.2 Å². The highest BCUT2D eigenvalue weighted by atomic mass is 35.5. The third-order valence-electron chi connectivity index (χ3n) is 7.31. The van der Waals surface area contributed by atoms with Crippen LogP contribution in [0.5, 0.6) is 0 Å². The van der Waals surface area contributed by atoms with E-state index in [9.17, 15) is 4.79 Å². The van der Waals surface area contributed by atoms with Gasteiger partial charge in [-0.05, 0) is 74.9 Å². The minimum atomic E-state index is 0.0742. The number of anilines is 1. The van der Waals surface area contributed by atoms with Gasteiger partial charge in [0.05, 0.1) is 21.1 Å². The van der Waals surface area contributed by atoms with Gasteiger partial charge in [-0.1, -0.05) is 48.3 Å². The Kier molecular flexibility index (Phi) is 8.71. The Morgan fingerprint density at radius 2 is 1.91 bits per heavy atom. The van der Waals surface area contributed by atoms with Crippen LogP contribution in [0.3, 0.4) is 0 Å². The Hall–Kier alpha value is -2.12. The number of H-pyrrole nitrogens is 1. The highest BCUT2D eigenvalue weighted by Crippen LogP contribution is 2.41. The van der Waals surface area contributed by atoms with Gasteiger partial charge in [0.15, 0.2) is 0 Å². The summed E-state index contributed by atoms with van der Waals surface area (Å²) in [6, 6.07) is 12.1. The van der Waals surface area contributed by atoms with Gasteiger partial charge in [-0.3, -0.25) is 4.79 Å². The Morgan fingerprint density at radius 1 is 1.14 bits per heavy atom. The van der Waals surface area contributed by atoms with E-state index in [1.54, 1.807) is 0 Å². The molecule has 0 atom stereocenters. The summed E-state index contributed by atoms with van der Waals surface area (Å²) in [4.78, 5) is 22.1. The average molecular weight is 517 g/mol. The standard InChI is InChI=1S/C27H35Cl2N5O/c1-27(20-6-3-5-19(15-20)18-35)9-7-21(8-10-27)34(14-4-11-31-13-12-30-2)26-32-24-16-22(28)23(29)17-25(24)33-26/h3,5-6,15-18,21,30-31H,4,7-14H2,1-2H3,(H,32,33). The lowest BCUT2D eigenvalue weighted by atomic mass is 9.69. The predicted octanol–water partition coefficient (Wildman–Crippen LogP) is 5.59. The number of hydrogen-bond donors (Lipinski definition) is 3. The van der Waals surface area contributed by atoms with Crippen LogP contribution in [-0.2, 0) is 5.41 Å². The van der Waals surface area contributed by atoms with Crippen LogP contribution in [-0.4, -0.2) is 55.5 Å². The monoisotopic (exact) mass is 515 g/mol. The maximum atomic E-state index is 11.3. The molecule has 6 nitrogen and oxygen atoms in total. The molecule has 0 bridgehead atoms. The number of nitrogens with zero attached hydrogens (tertiary/aromatic N) is 2. The smallest absolute Gasteiger partial charge is 0.204 e. The molecule has 0 saturated heterocycles. The summed E-state index contributed by atoms with van der Waals surface area (Å²) in [6.45, 7) is 6.12. The van der Waals surface area contributed by atoms with Crippen molar-refractivity contribution in [2.24, 2.45) is 0 Å². The number of likely N-dealkylation sites (N-methyl/N-ethyl adjacent to an activating group) is 1. The molecule has 188 valence electrons. The molecular weight excluding hydrogens is 481 g/mol. The van der Waals surface area contributed by atoms with E-state index in [4.69, 9.17) is 28.2 Å². The summed E-state index contributed by atoms with van der Waals surface area (Å²) < 4.78 is 0. The molecule has 1 aromatic heterocycles. The van der Waals surface area contributed by atoms with E-state index in [0.29, 0.717) is 16.1 Å². The fourth-order valence-corrected chi connectivity index (χ4v) is 5.45. The molecule has 1 fully saturated rings. The van der Waals surface area contributed by atoms with Crippen molar-refractivity contribution in [3.05, 3.63) is 57.6 Å². The first-order valence-corrected chi connectivity index (χ1v) is 13.2. The fourth-order valence-electron chi connectivity index (χ4n) is 5.13. The Morgan fingerprint density at radius 3 is 2.66 bits per heavy atom. The summed E-state index contributed by atoms with van der Waals surface area (Å²) in [6.07, 6.45) is 6.22. The van der Waals surface area contributed by atoms with Crippen LogP contribution in [0, 0.1) is 0 Å². The van der Waals surface area contributed by atoms with E-state index in [1.165, 1.54) is 5.56 Å². The van der Waals surface area contributed by atoms with E-state index in [1.807, 2.05) is 31.3 Å². The number of imidazole rings is 1. The number of rotatable bonds is 11. The van der Waals surface area contributed by atoms with Crippen molar-refractivity contribution < 1.29 is 4.79 Å². The van der Waals surface area contributed by atoms with Crippen molar-refractivity contribution in [2.75, 3.05) is 38.1 Å². The number of carbonyl (C=O) groups is 1. The van der Waals surface area contributed by atoms with Gasteiger partial charge in [-0.15, -0.1) is 0 Å². The molecule has 3 N–H and O–H groups in total. The van der Waals surface area contributed by atoms with Gasteiger partial charge < -0.3 is 20.5 Å². The van der Waals surface area contributed by atoms with E-state index in [-0.39, 0.29) is 5.41 Å². The lowest BCUT2D eigenvalue weighted by molar-refractivity contribution is 0.112. The van der Waals surface area contributed by atoms with Crippen LogP contribution in [0.15, 0.2) is 36.4 Å². The Bertz CT molecular complexity index is 1100. The lowest BCUT2D eigenvalue weighted by Gasteiger charge is -2.42. The second kappa shape index (κ2) is 11.7. The van der Waals surface area contributed by atoms with Crippen molar-refractivity contribution in [3.8, 4) is 0 Å². The maximum absolute atomic E-state index is 11.3. The Labute approximate surface area is 217 Å². The summed E-state index contributed by atoms with van der Waals surface area (Å²) in [5.41, 5.74) is 3.81. The highest BCUT2D eigenvalue weighted by molar-refractivity contribution is 6.42. The molecule has 2 aromatic carbocycles. The van der Waals surface area contributed by atoms with E-state index in [0.717, 1.165) is 87.1 Å². The number of hydrogen-bond acceptors (Lipinski definition) is 5. The third kappa shape index (κ3) is 6.18. The summed E-state index contributed by atoms with van der Waals surface area (Å²) >= 11 is 12.5. The van der Waals surface area contributed by atoms with Gasteiger partial charge in [0.1, 0.15) is 6.29 Å². The molecule has 0 spiro atoms. The quantitative estimate of drug-likeness (QED) is 0.229. The van der Waals surface area contributed by atoms with Gasteiger partial charge >= 0.3 is 0 Å². The largest absolute Gasteiger partial charge is 0.339 e. The van der Waals surface area contributed by atoms with E-state index >= 15 is 0 Å². The molecular formula is C27H35Cl2N5O. The number of aromatic amines is 1. The lowest BCUT2D eigenvalue weighted by Crippen LogP contribution is -2.43. The predicted molar refractivity (Wildman–Crippen MR) is 146 cm³/mol. The van der Waals surface area contributed by atoms with E-state index < -0.39 is 0 Å². The summed E-state index contributed by atoms with van der Waals surface area (Å²) in [5, 5.41) is 7.71. The molecule has 8 heteroatoms. The zero-order chi connectivity index (χ0) is 24.8. The van der Waals surface area contributed by atoms with Gasteiger partial charge in [0.25, 0.3) is 0 Å². The molecule has 3 aromatic rings. The van der Waals surface area contributed by atoms with Crippen molar-refractivity contribution in [1.82, 2.24) is 20.6 Å². The third-order valence-corrected chi connectivity index (χ3v) is 8.03. The first kappa shape index (κ1) is 26.0. The number of fused-ring (bicyclic) bond motifs is 1. The number of aldehydes is 1.